The summed E-state index contributed by atoms with van der Waals surface area (Å²) in [4.78, 5) is 16.2. The lowest BCUT2D eigenvalue weighted by molar-refractivity contribution is 0.0656. The highest BCUT2D eigenvalue weighted by Gasteiger charge is 2.20. The molecule has 1 heterocycles. The monoisotopic (exact) mass is 456 g/mol. The molecule has 0 aliphatic carbocycles. The number of carbonyl (C=O) groups excluding carboxylic acids is 1. The molecule has 2 aromatic rings. The summed E-state index contributed by atoms with van der Waals surface area (Å²) in [5.74, 6) is 1.34. The summed E-state index contributed by atoms with van der Waals surface area (Å²) in [5.41, 5.74) is 1.70. The summed E-state index contributed by atoms with van der Waals surface area (Å²) in [5, 5.41) is 10.4. The quantitative estimate of drug-likeness (QED) is 0.614. The number of Topliss-reactive ketones (excluding diaryl/α,β-unsaturated/α-hetero) is 1. The van der Waals surface area contributed by atoms with Crippen LogP contribution in [-0.2, 0) is 0 Å². The maximum absolute atomic E-state index is 11.7. The van der Waals surface area contributed by atoms with Gasteiger partial charge in [0.25, 0.3) is 0 Å². The van der Waals surface area contributed by atoms with Crippen molar-refractivity contribution >= 4 is 36.3 Å². The molecule has 1 aliphatic heterocycles. The zero-order chi connectivity index (χ0) is 19.9. The molecular weight excluding hydrogens is 427 g/mol. The molecule has 0 saturated carbocycles. The van der Waals surface area contributed by atoms with Gasteiger partial charge in [0.1, 0.15) is 24.2 Å². The number of para-hydroxylation sites is 1. The normalized spacial score (nSPS) is 14.8. The molecule has 0 radical (unpaired) electrons. The van der Waals surface area contributed by atoms with Crippen LogP contribution in [0.15, 0.2) is 48.5 Å². The van der Waals surface area contributed by atoms with Crippen LogP contribution in [0.4, 0.5) is 5.69 Å². The van der Waals surface area contributed by atoms with E-state index in [1.54, 1.807) is 19.2 Å². The minimum atomic E-state index is -0.608. The van der Waals surface area contributed by atoms with Crippen molar-refractivity contribution in [3.05, 3.63) is 54.1 Å². The lowest BCUT2D eigenvalue weighted by atomic mass is 10.1. The standard InChI is InChI=1S/C22H28N2O4.2ClH/c1-17(25)21-8-3-4-9-22(21)28-16-19(26)15-23-10-12-24(13-11-23)18-6-5-7-20(14-18)27-2;;/h3-9,14,19,26H,10-13,15-16H2,1-2H3;2*1H. The topological polar surface area (TPSA) is 62.2 Å². The van der Waals surface area contributed by atoms with Crippen LogP contribution in [0.5, 0.6) is 11.5 Å². The Labute approximate surface area is 190 Å². The zero-order valence-corrected chi connectivity index (χ0v) is 19.0. The first kappa shape index (κ1) is 26.0. The minimum Gasteiger partial charge on any atom is -0.497 e. The number of ketones is 1. The van der Waals surface area contributed by atoms with E-state index >= 15 is 0 Å². The van der Waals surface area contributed by atoms with Crippen molar-refractivity contribution in [2.24, 2.45) is 0 Å². The van der Waals surface area contributed by atoms with Crippen molar-refractivity contribution in [1.82, 2.24) is 4.90 Å². The average Bonchev–Trinajstić information content (AvgIpc) is 2.73. The second-order valence-corrected chi connectivity index (χ2v) is 7.01. The van der Waals surface area contributed by atoms with E-state index in [4.69, 9.17) is 9.47 Å². The molecule has 0 spiro atoms. The highest BCUT2D eigenvalue weighted by molar-refractivity contribution is 5.96. The van der Waals surface area contributed by atoms with Crippen molar-refractivity contribution < 1.29 is 19.4 Å². The van der Waals surface area contributed by atoms with Crippen LogP contribution in [0.25, 0.3) is 0 Å². The van der Waals surface area contributed by atoms with Crippen LogP contribution in [-0.4, -0.2) is 68.3 Å². The van der Waals surface area contributed by atoms with Gasteiger partial charge in [-0.1, -0.05) is 18.2 Å². The number of benzene rings is 2. The predicted molar refractivity (Wildman–Crippen MR) is 124 cm³/mol. The van der Waals surface area contributed by atoms with Gasteiger partial charge in [0, 0.05) is 44.5 Å². The number of halogens is 2. The summed E-state index contributed by atoms with van der Waals surface area (Å²) in [6.45, 7) is 5.77. The lowest BCUT2D eigenvalue weighted by Gasteiger charge is -2.37. The predicted octanol–water partition coefficient (Wildman–Crippen LogP) is 3.30. The van der Waals surface area contributed by atoms with E-state index in [9.17, 15) is 9.90 Å². The van der Waals surface area contributed by atoms with E-state index in [0.717, 1.165) is 37.6 Å². The van der Waals surface area contributed by atoms with Crippen LogP contribution < -0.4 is 14.4 Å². The van der Waals surface area contributed by atoms with Gasteiger partial charge in [-0.05, 0) is 31.2 Å². The Hall–Kier alpha value is -1.99. The van der Waals surface area contributed by atoms with Crippen molar-refractivity contribution in [1.29, 1.82) is 0 Å². The number of rotatable bonds is 8. The number of piperazine rings is 1. The Balaban J connectivity index is 0.00000225. The molecule has 1 atom stereocenters. The number of hydrogen-bond acceptors (Lipinski definition) is 6. The number of ether oxygens (including phenoxy) is 2. The molecule has 1 fully saturated rings. The fourth-order valence-corrected chi connectivity index (χ4v) is 3.42. The molecule has 2 aromatic carbocycles. The van der Waals surface area contributed by atoms with Gasteiger partial charge in [-0.3, -0.25) is 9.69 Å². The molecule has 0 amide bonds. The summed E-state index contributed by atoms with van der Waals surface area (Å²) < 4.78 is 11.0. The molecule has 1 saturated heterocycles. The van der Waals surface area contributed by atoms with Crippen LogP contribution >= 0.6 is 24.8 Å². The van der Waals surface area contributed by atoms with E-state index in [-0.39, 0.29) is 37.2 Å². The van der Waals surface area contributed by atoms with Gasteiger partial charge in [0.05, 0.1) is 12.7 Å². The maximum atomic E-state index is 11.7. The zero-order valence-electron chi connectivity index (χ0n) is 17.3. The molecule has 1 unspecified atom stereocenters. The molecule has 0 bridgehead atoms. The first-order valence-electron chi connectivity index (χ1n) is 9.59. The third kappa shape index (κ3) is 7.06. The molecule has 0 aromatic heterocycles. The Bertz CT molecular complexity index is 798. The SMILES string of the molecule is COc1cccc(N2CCN(CC(O)COc3ccccc3C(C)=O)CC2)c1.Cl.Cl. The third-order valence-corrected chi connectivity index (χ3v) is 4.96. The fraction of sp³-hybridized carbons (Fsp3) is 0.409. The number of aliphatic hydroxyl groups is 1. The van der Waals surface area contributed by atoms with Gasteiger partial charge in [-0.25, -0.2) is 0 Å². The van der Waals surface area contributed by atoms with Crippen molar-refractivity contribution in [3.63, 3.8) is 0 Å². The average molecular weight is 457 g/mol. The van der Waals surface area contributed by atoms with Crippen LogP contribution in [0.2, 0.25) is 0 Å². The van der Waals surface area contributed by atoms with E-state index < -0.39 is 6.10 Å². The minimum absolute atomic E-state index is 0. The number of β-amino-alcohol motifs (C(OH)–C–C–N with tert-alkyl or cyclic N) is 1. The van der Waals surface area contributed by atoms with Gasteiger partial charge in [-0.15, -0.1) is 24.8 Å². The largest absolute Gasteiger partial charge is 0.497 e. The summed E-state index contributed by atoms with van der Waals surface area (Å²) in [6, 6.07) is 15.2. The smallest absolute Gasteiger partial charge is 0.163 e. The molecule has 6 nitrogen and oxygen atoms in total. The first-order chi connectivity index (χ1) is 13.6. The molecule has 166 valence electrons. The summed E-state index contributed by atoms with van der Waals surface area (Å²) in [7, 11) is 1.68. The van der Waals surface area contributed by atoms with Gasteiger partial charge in [0.15, 0.2) is 5.78 Å². The summed E-state index contributed by atoms with van der Waals surface area (Å²) >= 11 is 0. The molecule has 1 N–H and O–H groups in total. The number of anilines is 1. The van der Waals surface area contributed by atoms with Gasteiger partial charge in [0.2, 0.25) is 0 Å². The summed E-state index contributed by atoms with van der Waals surface area (Å²) in [6.07, 6.45) is -0.608. The van der Waals surface area contributed by atoms with Crippen LogP contribution in [0.3, 0.4) is 0 Å². The lowest BCUT2D eigenvalue weighted by Crippen LogP contribution is -2.49. The van der Waals surface area contributed by atoms with Gasteiger partial charge in [-0.2, -0.15) is 0 Å². The molecule has 30 heavy (non-hydrogen) atoms. The molecule has 1 aliphatic rings. The van der Waals surface area contributed by atoms with E-state index in [1.807, 2.05) is 30.3 Å². The highest BCUT2D eigenvalue weighted by Crippen LogP contribution is 2.22. The van der Waals surface area contributed by atoms with E-state index in [2.05, 4.69) is 15.9 Å². The van der Waals surface area contributed by atoms with Crippen LogP contribution in [0.1, 0.15) is 17.3 Å². The molecule has 8 heteroatoms. The van der Waals surface area contributed by atoms with Gasteiger partial charge < -0.3 is 19.5 Å². The van der Waals surface area contributed by atoms with E-state index in [0.29, 0.717) is 17.9 Å². The first-order valence-corrected chi connectivity index (χ1v) is 9.59. The van der Waals surface area contributed by atoms with E-state index in [1.165, 1.54) is 6.92 Å². The maximum Gasteiger partial charge on any atom is 0.163 e. The van der Waals surface area contributed by atoms with Crippen molar-refractivity contribution in [2.45, 2.75) is 13.0 Å². The number of nitrogens with zero attached hydrogens (tertiary/aromatic N) is 2. The second-order valence-electron chi connectivity index (χ2n) is 7.01. The molecule has 3 rings (SSSR count). The Kier molecular flexibility index (Phi) is 11.0. The Morgan fingerprint density at radius 3 is 2.43 bits per heavy atom. The van der Waals surface area contributed by atoms with Crippen LogP contribution in [0, 0.1) is 0 Å². The fourth-order valence-electron chi connectivity index (χ4n) is 3.42. The number of hydrogen-bond donors (Lipinski definition) is 1. The molecular formula is C22H30Cl2N2O4. The number of carbonyl (C=O) groups is 1. The second kappa shape index (κ2) is 12.6. The number of methoxy groups -OCH3 is 1. The van der Waals surface area contributed by atoms with Gasteiger partial charge >= 0.3 is 0 Å². The number of aliphatic hydroxyl groups excluding tert-OH is 1. The highest BCUT2D eigenvalue weighted by atomic mass is 35.5. The Morgan fingerprint density at radius 2 is 1.77 bits per heavy atom. The van der Waals surface area contributed by atoms with Crippen molar-refractivity contribution in [2.75, 3.05) is 51.3 Å². The van der Waals surface area contributed by atoms with Crippen molar-refractivity contribution in [3.8, 4) is 11.5 Å². The third-order valence-electron chi connectivity index (χ3n) is 4.96. The Morgan fingerprint density at radius 1 is 1.07 bits per heavy atom.